The molecular formula is C36H51N7O4. The molecular weight excluding hydrogens is 594 g/mol. The maximum absolute atomic E-state index is 13.5. The fourth-order valence-electron chi connectivity index (χ4n) is 8.03. The summed E-state index contributed by atoms with van der Waals surface area (Å²) in [5, 5.41) is 6.73. The van der Waals surface area contributed by atoms with Crippen LogP contribution in [0.15, 0.2) is 30.3 Å². The standard InChI is InChI=1S/C36H51N7O4/c1-24-36(45)40(2)31-11-13-33(39-34(31)43(24)29-14-20-47-21-15-29)38-30-22-26(6-12-32(30)46-3)35(44)37-27-7-9-28(10-8-27)42-18-16-41(17-19-42)23-25-4-5-25/h6,11-13,22,24-25,27-29H,4-5,7-10,14-21,23H2,1-3H3,(H,37,44)(H,38,39)/t24-,27-,28-/m1/s1. The van der Waals surface area contributed by atoms with E-state index in [1.54, 1.807) is 12.0 Å². The van der Waals surface area contributed by atoms with Crippen LogP contribution in [0.4, 0.5) is 23.0 Å². The van der Waals surface area contributed by atoms with E-state index in [1.165, 1.54) is 45.6 Å². The van der Waals surface area contributed by atoms with Gasteiger partial charge in [-0.25, -0.2) is 4.98 Å². The average molecular weight is 646 g/mol. The fraction of sp³-hybridized carbons (Fsp3) is 0.639. The van der Waals surface area contributed by atoms with Gasteiger partial charge in [-0.2, -0.15) is 0 Å². The van der Waals surface area contributed by atoms with Crippen LogP contribution in [0.3, 0.4) is 0 Å². The molecule has 11 nitrogen and oxygen atoms in total. The van der Waals surface area contributed by atoms with Gasteiger partial charge in [-0.05, 0) is 94.5 Å². The average Bonchev–Trinajstić information content (AvgIpc) is 3.92. The quantitative estimate of drug-likeness (QED) is 0.415. The molecule has 5 aliphatic rings. The molecule has 0 spiro atoms. The minimum absolute atomic E-state index is 0.0577. The number of nitrogens with zero attached hydrogens (tertiary/aromatic N) is 5. The van der Waals surface area contributed by atoms with Crippen LogP contribution in [0.2, 0.25) is 0 Å². The summed E-state index contributed by atoms with van der Waals surface area (Å²) < 4.78 is 11.3. The van der Waals surface area contributed by atoms with Gasteiger partial charge in [-0.3, -0.25) is 14.5 Å². The molecule has 2 aliphatic carbocycles. The van der Waals surface area contributed by atoms with Gasteiger partial charge in [0.2, 0.25) is 5.91 Å². The van der Waals surface area contributed by atoms with E-state index in [2.05, 4.69) is 25.3 Å². The highest BCUT2D eigenvalue weighted by Gasteiger charge is 2.39. The third kappa shape index (κ3) is 7.07. The Morgan fingerprint density at radius 2 is 1.70 bits per heavy atom. The number of aromatic nitrogens is 1. The molecule has 11 heteroatoms. The first-order valence-electron chi connectivity index (χ1n) is 17.7. The molecule has 7 rings (SSSR count). The fourth-order valence-corrected chi connectivity index (χ4v) is 8.03. The summed E-state index contributed by atoms with van der Waals surface area (Å²) in [6, 6.07) is 9.99. The highest BCUT2D eigenvalue weighted by molar-refractivity contribution is 6.04. The highest BCUT2D eigenvalue weighted by Crippen LogP contribution is 2.39. The Labute approximate surface area is 278 Å². The lowest BCUT2D eigenvalue weighted by Gasteiger charge is -2.44. The summed E-state index contributed by atoms with van der Waals surface area (Å²) in [7, 11) is 3.43. The zero-order chi connectivity index (χ0) is 32.5. The lowest BCUT2D eigenvalue weighted by Crippen LogP contribution is -2.56. The summed E-state index contributed by atoms with van der Waals surface area (Å²) >= 11 is 0. The second-order valence-electron chi connectivity index (χ2n) is 14.2. The Bertz CT molecular complexity index is 1430. The van der Waals surface area contributed by atoms with Crippen LogP contribution in [0.5, 0.6) is 5.75 Å². The van der Waals surface area contributed by atoms with Crippen LogP contribution >= 0.6 is 0 Å². The van der Waals surface area contributed by atoms with Gasteiger partial charge in [-0.15, -0.1) is 0 Å². The van der Waals surface area contributed by atoms with Gasteiger partial charge in [0.15, 0.2) is 5.82 Å². The number of rotatable bonds is 9. The predicted octanol–water partition coefficient (Wildman–Crippen LogP) is 4.25. The number of nitrogens with one attached hydrogen (secondary N) is 2. The summed E-state index contributed by atoms with van der Waals surface area (Å²) in [6.45, 7) is 9.36. The van der Waals surface area contributed by atoms with Gasteiger partial charge in [-0.1, -0.05) is 0 Å². The second-order valence-corrected chi connectivity index (χ2v) is 14.2. The molecule has 2 saturated carbocycles. The van der Waals surface area contributed by atoms with Crippen molar-refractivity contribution in [1.82, 2.24) is 20.1 Å². The van der Waals surface area contributed by atoms with Crippen LogP contribution < -0.4 is 25.2 Å². The molecule has 4 fully saturated rings. The van der Waals surface area contributed by atoms with Crippen LogP contribution in [0, 0.1) is 5.92 Å². The minimum atomic E-state index is -0.322. The Morgan fingerprint density at radius 1 is 0.957 bits per heavy atom. The Hall–Kier alpha value is -3.41. The maximum Gasteiger partial charge on any atom is 0.251 e. The first-order chi connectivity index (χ1) is 22.9. The van der Waals surface area contributed by atoms with E-state index in [4.69, 9.17) is 14.5 Å². The zero-order valence-electron chi connectivity index (χ0n) is 28.2. The number of ether oxygens (including phenoxy) is 2. The number of piperazine rings is 1. The summed E-state index contributed by atoms with van der Waals surface area (Å²) in [4.78, 5) is 40.8. The molecule has 0 unspecified atom stereocenters. The molecule has 47 heavy (non-hydrogen) atoms. The van der Waals surface area contributed by atoms with Gasteiger partial charge < -0.3 is 34.8 Å². The van der Waals surface area contributed by atoms with E-state index >= 15 is 0 Å². The van der Waals surface area contributed by atoms with Crippen LogP contribution in [-0.4, -0.2) is 111 Å². The van der Waals surface area contributed by atoms with Crippen molar-refractivity contribution in [2.75, 3.05) is 75.2 Å². The number of anilines is 4. The van der Waals surface area contributed by atoms with E-state index in [1.807, 2.05) is 44.3 Å². The number of methoxy groups -OCH3 is 1. The van der Waals surface area contributed by atoms with E-state index in [0.717, 1.165) is 55.9 Å². The summed E-state index contributed by atoms with van der Waals surface area (Å²) in [5.74, 6) is 2.98. The van der Waals surface area contributed by atoms with E-state index in [0.29, 0.717) is 42.1 Å². The molecule has 1 aromatic carbocycles. The monoisotopic (exact) mass is 645 g/mol. The summed E-state index contributed by atoms with van der Waals surface area (Å²) in [6.07, 6.45) is 8.85. The first-order valence-corrected chi connectivity index (χ1v) is 17.7. The summed E-state index contributed by atoms with van der Waals surface area (Å²) in [5.41, 5.74) is 2.04. The first kappa shape index (κ1) is 32.2. The van der Waals surface area contributed by atoms with Crippen molar-refractivity contribution >= 4 is 34.8 Å². The molecule has 1 aromatic heterocycles. The number of likely N-dealkylation sites (N-methyl/N-ethyl adjacent to an activating group) is 1. The van der Waals surface area contributed by atoms with Crippen molar-refractivity contribution in [3.8, 4) is 5.75 Å². The van der Waals surface area contributed by atoms with Crippen molar-refractivity contribution < 1.29 is 19.1 Å². The minimum Gasteiger partial charge on any atom is -0.495 e. The van der Waals surface area contributed by atoms with Gasteiger partial charge >= 0.3 is 0 Å². The maximum atomic E-state index is 13.5. The Balaban J connectivity index is 0.994. The van der Waals surface area contributed by atoms with E-state index in [9.17, 15) is 9.59 Å². The third-order valence-corrected chi connectivity index (χ3v) is 11.0. The largest absolute Gasteiger partial charge is 0.495 e. The van der Waals surface area contributed by atoms with Crippen molar-refractivity contribution in [2.24, 2.45) is 5.92 Å². The molecule has 254 valence electrons. The molecule has 3 aliphatic heterocycles. The molecule has 2 saturated heterocycles. The molecule has 2 amide bonds. The van der Waals surface area contributed by atoms with Crippen molar-refractivity contribution in [2.45, 2.75) is 82.5 Å². The number of benzene rings is 1. The molecule has 1 atom stereocenters. The Kier molecular flexibility index (Phi) is 9.56. The number of hydrogen-bond donors (Lipinski definition) is 2. The highest BCUT2D eigenvalue weighted by atomic mass is 16.5. The van der Waals surface area contributed by atoms with Gasteiger partial charge in [0.05, 0.1) is 18.5 Å². The molecule has 2 aromatic rings. The second kappa shape index (κ2) is 14.0. The number of amides is 2. The third-order valence-electron chi connectivity index (χ3n) is 11.0. The number of carbonyl (C=O) groups excluding carboxylic acids is 2. The van der Waals surface area contributed by atoms with Gasteiger partial charge in [0.1, 0.15) is 17.6 Å². The van der Waals surface area contributed by atoms with E-state index < -0.39 is 0 Å². The lowest BCUT2D eigenvalue weighted by molar-refractivity contribution is -0.119. The van der Waals surface area contributed by atoms with Crippen molar-refractivity contribution in [1.29, 1.82) is 0 Å². The smallest absolute Gasteiger partial charge is 0.251 e. The van der Waals surface area contributed by atoms with Crippen molar-refractivity contribution in [3.05, 3.63) is 35.9 Å². The number of fused-ring (bicyclic) bond motifs is 1. The normalized spacial score (nSPS) is 26.2. The van der Waals surface area contributed by atoms with Crippen molar-refractivity contribution in [3.63, 3.8) is 0 Å². The molecule has 0 bridgehead atoms. The topological polar surface area (TPSA) is 103 Å². The van der Waals surface area contributed by atoms with Crippen LogP contribution in [0.25, 0.3) is 0 Å². The molecule has 4 heterocycles. The van der Waals surface area contributed by atoms with Crippen LogP contribution in [0.1, 0.15) is 68.6 Å². The van der Waals surface area contributed by atoms with Gasteiger partial charge in [0.25, 0.3) is 5.91 Å². The number of hydrogen-bond acceptors (Lipinski definition) is 9. The van der Waals surface area contributed by atoms with Gasteiger partial charge in [0, 0.05) is 76.7 Å². The molecule has 2 N–H and O–H groups in total. The zero-order valence-corrected chi connectivity index (χ0v) is 28.2. The SMILES string of the molecule is COc1ccc(C(=O)N[C@H]2CC[C@H](N3CCN(CC4CC4)CC3)CC2)cc1Nc1ccc2c(n1)N(C1CCOCC1)[C@H](C)C(=O)N2C. The number of carbonyl (C=O) groups is 2. The van der Waals surface area contributed by atoms with Crippen LogP contribution in [-0.2, 0) is 9.53 Å². The Morgan fingerprint density at radius 3 is 2.40 bits per heavy atom. The lowest BCUT2D eigenvalue weighted by atomic mass is 9.89. The molecule has 0 radical (unpaired) electrons. The number of pyridine rings is 1. The predicted molar refractivity (Wildman–Crippen MR) is 184 cm³/mol. The van der Waals surface area contributed by atoms with E-state index in [-0.39, 0.29) is 29.9 Å².